The van der Waals surface area contributed by atoms with Crippen LogP contribution in [0.5, 0.6) is 0 Å². The molecule has 0 saturated heterocycles. The molecule has 19 heavy (non-hydrogen) atoms. The van der Waals surface area contributed by atoms with Crippen LogP contribution in [0.4, 0.5) is 5.82 Å². The lowest BCUT2D eigenvalue weighted by Crippen LogP contribution is -2.17. The molecule has 1 fully saturated rings. The van der Waals surface area contributed by atoms with E-state index in [1.807, 2.05) is 0 Å². The number of anilines is 1. The molecule has 0 aromatic carbocycles. The van der Waals surface area contributed by atoms with Crippen molar-refractivity contribution in [3.8, 4) is 0 Å². The smallest absolute Gasteiger partial charge is 0.134 e. The van der Waals surface area contributed by atoms with Gasteiger partial charge in [-0.05, 0) is 39.0 Å². The van der Waals surface area contributed by atoms with Gasteiger partial charge in [0.2, 0.25) is 0 Å². The van der Waals surface area contributed by atoms with E-state index in [2.05, 4.69) is 33.0 Å². The van der Waals surface area contributed by atoms with Gasteiger partial charge in [-0.1, -0.05) is 26.7 Å². The van der Waals surface area contributed by atoms with E-state index in [9.17, 15) is 0 Å². The van der Waals surface area contributed by atoms with Gasteiger partial charge in [-0.3, -0.25) is 0 Å². The maximum absolute atomic E-state index is 4.83. The van der Waals surface area contributed by atoms with Crippen molar-refractivity contribution in [1.29, 1.82) is 0 Å². The highest BCUT2D eigenvalue weighted by Crippen LogP contribution is 2.35. The normalized spacial score (nSPS) is 23.4. The summed E-state index contributed by atoms with van der Waals surface area (Å²) in [4.78, 5) is 9.62. The first-order valence-electron chi connectivity index (χ1n) is 7.76. The second-order valence-electron chi connectivity index (χ2n) is 5.85. The maximum atomic E-state index is 4.83. The van der Waals surface area contributed by atoms with Crippen LogP contribution in [-0.4, -0.2) is 16.5 Å². The molecule has 1 N–H and O–H groups in total. The van der Waals surface area contributed by atoms with Crippen LogP contribution in [0, 0.1) is 12.8 Å². The van der Waals surface area contributed by atoms with E-state index < -0.39 is 0 Å². The molecule has 3 heteroatoms. The molecular formula is C16H27N3. The molecule has 2 atom stereocenters. The van der Waals surface area contributed by atoms with Crippen molar-refractivity contribution in [3.05, 3.63) is 17.1 Å². The van der Waals surface area contributed by atoms with Gasteiger partial charge < -0.3 is 5.32 Å². The predicted octanol–water partition coefficient (Wildman–Crippen LogP) is 4.07. The second-order valence-corrected chi connectivity index (χ2v) is 5.85. The van der Waals surface area contributed by atoms with E-state index in [0.29, 0.717) is 5.92 Å². The Bertz CT molecular complexity index is 428. The van der Waals surface area contributed by atoms with Crippen LogP contribution in [0.2, 0.25) is 0 Å². The average molecular weight is 261 g/mol. The summed E-state index contributed by atoms with van der Waals surface area (Å²) in [6.45, 7) is 9.69. The number of hydrogen-bond donors (Lipinski definition) is 1. The van der Waals surface area contributed by atoms with Gasteiger partial charge in [0.25, 0.3) is 0 Å². The van der Waals surface area contributed by atoms with Crippen molar-refractivity contribution < 1.29 is 0 Å². The highest BCUT2D eigenvalue weighted by Gasteiger charge is 2.24. The quantitative estimate of drug-likeness (QED) is 0.887. The molecule has 0 radical (unpaired) electrons. The minimum Gasteiger partial charge on any atom is -0.370 e. The number of aryl methyl sites for hydroxylation is 1. The van der Waals surface area contributed by atoms with Gasteiger partial charge >= 0.3 is 0 Å². The fourth-order valence-electron chi connectivity index (χ4n) is 3.21. The van der Waals surface area contributed by atoms with Crippen LogP contribution in [-0.2, 0) is 6.42 Å². The number of nitrogens with zero attached hydrogens (tertiary/aromatic N) is 2. The fourth-order valence-corrected chi connectivity index (χ4v) is 3.21. The van der Waals surface area contributed by atoms with Crippen LogP contribution in [0.3, 0.4) is 0 Å². The number of aromatic nitrogens is 2. The topological polar surface area (TPSA) is 37.8 Å². The standard InChI is InChI=1S/C16H27N3/c1-5-14-12(4)18-15(19-16(14)17-6-2)13-9-7-8-11(3)10-13/h11,13H,5-10H2,1-4H3,(H,17,18,19). The largest absolute Gasteiger partial charge is 0.370 e. The van der Waals surface area contributed by atoms with Gasteiger partial charge in [0.15, 0.2) is 0 Å². The summed E-state index contributed by atoms with van der Waals surface area (Å²) in [6, 6.07) is 0. The van der Waals surface area contributed by atoms with Crippen molar-refractivity contribution >= 4 is 5.82 Å². The third-order valence-corrected chi connectivity index (χ3v) is 4.23. The molecule has 0 spiro atoms. The zero-order valence-corrected chi connectivity index (χ0v) is 12.8. The minimum atomic E-state index is 0.561. The van der Waals surface area contributed by atoms with Gasteiger partial charge in [-0.2, -0.15) is 0 Å². The van der Waals surface area contributed by atoms with Gasteiger partial charge in [-0.25, -0.2) is 9.97 Å². The lowest BCUT2D eigenvalue weighted by Gasteiger charge is -2.26. The van der Waals surface area contributed by atoms with Gasteiger partial charge in [0.05, 0.1) is 0 Å². The first-order chi connectivity index (χ1) is 9.15. The Balaban J connectivity index is 2.30. The molecule has 1 aliphatic carbocycles. The maximum Gasteiger partial charge on any atom is 0.134 e. The second kappa shape index (κ2) is 6.36. The van der Waals surface area contributed by atoms with Crippen LogP contribution in [0.1, 0.15) is 69.5 Å². The Labute approximate surface area is 117 Å². The van der Waals surface area contributed by atoms with Gasteiger partial charge in [0.1, 0.15) is 11.6 Å². The summed E-state index contributed by atoms with van der Waals surface area (Å²) >= 11 is 0. The highest BCUT2D eigenvalue weighted by atomic mass is 15.0. The lowest BCUT2D eigenvalue weighted by atomic mass is 9.82. The lowest BCUT2D eigenvalue weighted by molar-refractivity contribution is 0.335. The summed E-state index contributed by atoms with van der Waals surface area (Å²) in [7, 11) is 0. The Kier molecular flexibility index (Phi) is 4.78. The van der Waals surface area contributed by atoms with Crippen molar-refractivity contribution in [1.82, 2.24) is 9.97 Å². The fraction of sp³-hybridized carbons (Fsp3) is 0.750. The molecule has 2 unspecified atom stereocenters. The van der Waals surface area contributed by atoms with Crippen LogP contribution in [0.15, 0.2) is 0 Å². The zero-order valence-electron chi connectivity index (χ0n) is 12.8. The number of rotatable bonds is 4. The molecule has 1 aromatic rings. The summed E-state index contributed by atoms with van der Waals surface area (Å²) in [5, 5.41) is 3.41. The molecule has 1 heterocycles. The van der Waals surface area contributed by atoms with E-state index in [1.54, 1.807) is 0 Å². The Hall–Kier alpha value is -1.12. The monoisotopic (exact) mass is 261 g/mol. The molecule has 2 rings (SSSR count). The van der Waals surface area contributed by atoms with Crippen molar-refractivity contribution in [2.75, 3.05) is 11.9 Å². The highest BCUT2D eigenvalue weighted by molar-refractivity contribution is 5.46. The minimum absolute atomic E-state index is 0.561. The van der Waals surface area contributed by atoms with Gasteiger partial charge in [-0.15, -0.1) is 0 Å². The molecule has 0 bridgehead atoms. The molecule has 0 amide bonds. The molecular weight excluding hydrogens is 234 g/mol. The third kappa shape index (κ3) is 3.26. The van der Waals surface area contributed by atoms with Gasteiger partial charge in [0, 0.05) is 23.7 Å². The number of nitrogens with one attached hydrogen (secondary N) is 1. The van der Waals surface area contributed by atoms with Crippen LogP contribution >= 0.6 is 0 Å². The van der Waals surface area contributed by atoms with Crippen molar-refractivity contribution in [2.24, 2.45) is 5.92 Å². The summed E-state index contributed by atoms with van der Waals surface area (Å²) in [5.74, 6) is 3.50. The Morgan fingerprint density at radius 3 is 2.63 bits per heavy atom. The average Bonchev–Trinajstić information content (AvgIpc) is 2.39. The first-order valence-corrected chi connectivity index (χ1v) is 7.76. The summed E-state index contributed by atoms with van der Waals surface area (Å²) < 4.78 is 0. The van der Waals surface area contributed by atoms with E-state index in [1.165, 1.54) is 31.2 Å². The van der Waals surface area contributed by atoms with Crippen molar-refractivity contribution in [3.63, 3.8) is 0 Å². The van der Waals surface area contributed by atoms with Crippen molar-refractivity contribution in [2.45, 2.75) is 65.7 Å². The molecule has 1 saturated carbocycles. The summed E-state index contributed by atoms with van der Waals surface area (Å²) in [6.07, 6.45) is 6.18. The Morgan fingerprint density at radius 1 is 1.21 bits per heavy atom. The first kappa shape index (κ1) is 14.3. The van der Waals surface area contributed by atoms with E-state index >= 15 is 0 Å². The molecule has 3 nitrogen and oxygen atoms in total. The third-order valence-electron chi connectivity index (χ3n) is 4.23. The molecule has 1 aromatic heterocycles. The van der Waals surface area contributed by atoms with E-state index in [-0.39, 0.29) is 0 Å². The molecule has 106 valence electrons. The molecule has 0 aliphatic heterocycles. The van der Waals surface area contributed by atoms with E-state index in [0.717, 1.165) is 36.2 Å². The SMILES string of the molecule is CCNc1nc(C2CCCC(C)C2)nc(C)c1CC. The van der Waals surface area contributed by atoms with Crippen LogP contribution < -0.4 is 5.32 Å². The number of hydrogen-bond acceptors (Lipinski definition) is 3. The Morgan fingerprint density at radius 2 is 2.00 bits per heavy atom. The van der Waals surface area contributed by atoms with E-state index in [4.69, 9.17) is 9.97 Å². The zero-order chi connectivity index (χ0) is 13.8. The van der Waals surface area contributed by atoms with Crippen LogP contribution in [0.25, 0.3) is 0 Å². The predicted molar refractivity (Wildman–Crippen MR) is 80.7 cm³/mol. The molecule has 1 aliphatic rings. The summed E-state index contributed by atoms with van der Waals surface area (Å²) in [5.41, 5.74) is 2.43.